The van der Waals surface area contributed by atoms with E-state index in [1.165, 1.54) is 0 Å². The minimum atomic E-state index is -0.346. The normalized spacial score (nSPS) is 11.6. The Balaban J connectivity index is 2.06. The molecule has 0 fully saturated rings. The first kappa shape index (κ1) is 18.2. The van der Waals surface area contributed by atoms with Gasteiger partial charge < -0.3 is 10.4 Å². The topological polar surface area (TPSA) is 61.4 Å². The van der Waals surface area contributed by atoms with Gasteiger partial charge in [-0.25, -0.2) is 0 Å². The second kappa shape index (κ2) is 8.13. The zero-order valence-electron chi connectivity index (χ0n) is 13.5. The maximum absolute atomic E-state index is 12.1. The summed E-state index contributed by atoms with van der Waals surface area (Å²) in [7, 11) is 0. The fourth-order valence-corrected chi connectivity index (χ4v) is 2.45. The fourth-order valence-electron chi connectivity index (χ4n) is 2.13. The molecule has 4 nitrogen and oxygen atoms in total. The van der Waals surface area contributed by atoms with E-state index in [1.807, 2.05) is 12.1 Å². The van der Waals surface area contributed by atoms with Crippen molar-refractivity contribution < 1.29 is 9.90 Å². The summed E-state index contributed by atoms with van der Waals surface area (Å²) in [5.74, 6) is 0.0928. The molecule has 0 spiro atoms. The van der Waals surface area contributed by atoms with E-state index < -0.39 is 0 Å². The van der Waals surface area contributed by atoms with Crippen LogP contribution < -0.4 is 10.6 Å². The standard InChI is InChI=1S/C18H19ClN2O2S/c1-3-11(2)13-6-9-16(22)15(10-13)20-18(24)21-17(23)12-4-7-14(19)8-5-12/h4-11,22H,3H2,1-2H3,(H2,20,21,23,24). The van der Waals surface area contributed by atoms with Gasteiger partial charge in [-0.1, -0.05) is 31.5 Å². The third-order valence-electron chi connectivity index (χ3n) is 3.78. The molecular formula is C18H19ClN2O2S. The summed E-state index contributed by atoms with van der Waals surface area (Å²) in [6, 6.07) is 11.8. The zero-order chi connectivity index (χ0) is 17.7. The van der Waals surface area contributed by atoms with Gasteiger partial charge in [0.1, 0.15) is 5.75 Å². The van der Waals surface area contributed by atoms with E-state index in [1.54, 1.807) is 30.3 Å². The van der Waals surface area contributed by atoms with Crippen LogP contribution in [0.1, 0.15) is 42.1 Å². The van der Waals surface area contributed by atoms with Crippen molar-refractivity contribution in [2.75, 3.05) is 5.32 Å². The van der Waals surface area contributed by atoms with Crippen molar-refractivity contribution >= 4 is 40.5 Å². The second-order valence-electron chi connectivity index (χ2n) is 5.50. The number of carbonyl (C=O) groups is 1. The van der Waals surface area contributed by atoms with E-state index in [9.17, 15) is 9.90 Å². The number of carbonyl (C=O) groups excluding carboxylic acids is 1. The van der Waals surface area contributed by atoms with E-state index in [0.29, 0.717) is 22.2 Å². The van der Waals surface area contributed by atoms with Crippen LogP contribution in [0, 0.1) is 0 Å². The average Bonchev–Trinajstić information content (AvgIpc) is 2.56. The van der Waals surface area contributed by atoms with Gasteiger partial charge in [0.15, 0.2) is 5.11 Å². The molecule has 2 rings (SSSR count). The number of benzene rings is 2. The summed E-state index contributed by atoms with van der Waals surface area (Å²) in [5, 5.41) is 16.1. The van der Waals surface area contributed by atoms with E-state index in [4.69, 9.17) is 23.8 Å². The number of aromatic hydroxyl groups is 1. The van der Waals surface area contributed by atoms with Crippen LogP contribution in [0.15, 0.2) is 42.5 Å². The molecule has 2 aromatic rings. The van der Waals surface area contributed by atoms with Crippen molar-refractivity contribution in [2.45, 2.75) is 26.2 Å². The molecule has 3 N–H and O–H groups in total. The highest BCUT2D eigenvalue weighted by atomic mass is 35.5. The Hall–Kier alpha value is -2.11. The highest BCUT2D eigenvalue weighted by Gasteiger charge is 2.11. The molecule has 0 radical (unpaired) electrons. The summed E-state index contributed by atoms with van der Waals surface area (Å²) >= 11 is 11.0. The fraction of sp³-hybridized carbons (Fsp3) is 0.222. The predicted octanol–water partition coefficient (Wildman–Crippen LogP) is 4.69. The summed E-state index contributed by atoms with van der Waals surface area (Å²) in [4.78, 5) is 12.1. The number of phenols is 1. The lowest BCUT2D eigenvalue weighted by Gasteiger charge is -2.14. The molecule has 0 heterocycles. The van der Waals surface area contributed by atoms with Crippen LogP contribution in [0.5, 0.6) is 5.75 Å². The monoisotopic (exact) mass is 362 g/mol. The third-order valence-corrected chi connectivity index (χ3v) is 4.24. The van der Waals surface area contributed by atoms with Gasteiger partial charge in [0.05, 0.1) is 5.69 Å². The van der Waals surface area contributed by atoms with Gasteiger partial charge in [0, 0.05) is 10.6 Å². The Kier molecular flexibility index (Phi) is 6.17. The SMILES string of the molecule is CCC(C)c1ccc(O)c(NC(=S)NC(=O)c2ccc(Cl)cc2)c1. The number of amides is 1. The van der Waals surface area contributed by atoms with Crippen LogP contribution in [-0.4, -0.2) is 16.1 Å². The highest BCUT2D eigenvalue weighted by molar-refractivity contribution is 7.80. The van der Waals surface area contributed by atoms with Crippen molar-refractivity contribution in [1.29, 1.82) is 0 Å². The maximum atomic E-state index is 12.1. The number of anilines is 1. The molecule has 6 heteroatoms. The summed E-state index contributed by atoms with van der Waals surface area (Å²) < 4.78 is 0. The van der Waals surface area contributed by atoms with Crippen LogP contribution in [0.25, 0.3) is 0 Å². The van der Waals surface area contributed by atoms with Gasteiger partial charge in [-0.05, 0) is 66.5 Å². The maximum Gasteiger partial charge on any atom is 0.257 e. The van der Waals surface area contributed by atoms with Crippen molar-refractivity contribution in [2.24, 2.45) is 0 Å². The van der Waals surface area contributed by atoms with Crippen LogP contribution in [0.3, 0.4) is 0 Å². The van der Waals surface area contributed by atoms with Crippen LogP contribution in [0.2, 0.25) is 5.02 Å². The summed E-state index contributed by atoms with van der Waals surface area (Å²) in [6.07, 6.45) is 0.988. The molecule has 1 amide bonds. The number of phenolic OH excluding ortho intramolecular Hbond substituents is 1. The first-order valence-electron chi connectivity index (χ1n) is 7.61. The van der Waals surface area contributed by atoms with Crippen molar-refractivity contribution in [3.63, 3.8) is 0 Å². The van der Waals surface area contributed by atoms with Gasteiger partial charge in [0.2, 0.25) is 0 Å². The molecule has 1 unspecified atom stereocenters. The lowest BCUT2D eigenvalue weighted by molar-refractivity contribution is 0.0977. The Morgan fingerprint density at radius 3 is 2.54 bits per heavy atom. The molecule has 0 saturated heterocycles. The zero-order valence-corrected chi connectivity index (χ0v) is 15.0. The van der Waals surface area contributed by atoms with Gasteiger partial charge in [0.25, 0.3) is 5.91 Å². The third kappa shape index (κ3) is 4.69. The van der Waals surface area contributed by atoms with E-state index in [2.05, 4.69) is 24.5 Å². The quantitative estimate of drug-likeness (QED) is 0.545. The Morgan fingerprint density at radius 1 is 1.25 bits per heavy atom. The van der Waals surface area contributed by atoms with Crippen molar-refractivity contribution in [3.05, 3.63) is 58.6 Å². The van der Waals surface area contributed by atoms with Crippen molar-refractivity contribution in [1.82, 2.24) is 5.32 Å². The molecule has 126 valence electrons. The lowest BCUT2D eigenvalue weighted by Crippen LogP contribution is -2.34. The predicted molar refractivity (Wildman–Crippen MR) is 102 cm³/mol. The number of nitrogens with one attached hydrogen (secondary N) is 2. The first-order valence-corrected chi connectivity index (χ1v) is 8.40. The van der Waals surface area contributed by atoms with Crippen LogP contribution in [0.4, 0.5) is 5.69 Å². The number of rotatable bonds is 4. The first-order chi connectivity index (χ1) is 11.4. The number of hydrogen-bond donors (Lipinski definition) is 3. The Labute approximate surface area is 151 Å². The van der Waals surface area contributed by atoms with Crippen LogP contribution >= 0.6 is 23.8 Å². The Morgan fingerprint density at radius 2 is 1.92 bits per heavy atom. The molecule has 24 heavy (non-hydrogen) atoms. The minimum absolute atomic E-state index is 0.0742. The lowest BCUT2D eigenvalue weighted by atomic mass is 9.98. The largest absolute Gasteiger partial charge is 0.506 e. The van der Waals surface area contributed by atoms with E-state index in [0.717, 1.165) is 12.0 Å². The number of halogens is 1. The number of hydrogen-bond acceptors (Lipinski definition) is 3. The molecule has 1 atom stereocenters. The minimum Gasteiger partial charge on any atom is -0.506 e. The average molecular weight is 363 g/mol. The van der Waals surface area contributed by atoms with Crippen LogP contribution in [-0.2, 0) is 0 Å². The van der Waals surface area contributed by atoms with Gasteiger partial charge in [-0.2, -0.15) is 0 Å². The van der Waals surface area contributed by atoms with Gasteiger partial charge >= 0.3 is 0 Å². The second-order valence-corrected chi connectivity index (χ2v) is 6.35. The smallest absolute Gasteiger partial charge is 0.257 e. The van der Waals surface area contributed by atoms with Crippen molar-refractivity contribution in [3.8, 4) is 5.75 Å². The highest BCUT2D eigenvalue weighted by Crippen LogP contribution is 2.29. The van der Waals surface area contributed by atoms with Gasteiger partial charge in [-0.15, -0.1) is 0 Å². The molecule has 0 aliphatic rings. The molecule has 0 bridgehead atoms. The molecule has 0 saturated carbocycles. The summed E-state index contributed by atoms with van der Waals surface area (Å²) in [5.41, 5.74) is 2.00. The molecule has 0 aromatic heterocycles. The Bertz CT molecular complexity index is 747. The molecule has 2 aromatic carbocycles. The van der Waals surface area contributed by atoms with E-state index >= 15 is 0 Å². The van der Waals surface area contributed by atoms with E-state index in [-0.39, 0.29) is 16.8 Å². The summed E-state index contributed by atoms with van der Waals surface area (Å²) in [6.45, 7) is 4.21. The molecule has 0 aliphatic carbocycles. The number of thiocarbonyl (C=S) groups is 1. The van der Waals surface area contributed by atoms with Gasteiger partial charge in [-0.3, -0.25) is 10.1 Å². The molecule has 0 aliphatic heterocycles. The molecular weight excluding hydrogens is 344 g/mol.